The van der Waals surface area contributed by atoms with Gasteiger partial charge in [0.1, 0.15) is 48.8 Å². The predicted molar refractivity (Wildman–Crippen MR) is 410 cm³/mol. The van der Waals surface area contributed by atoms with E-state index in [1.807, 2.05) is 6.08 Å². The molecule has 2 saturated heterocycles. The standard InChI is InChI=1S/C85H153NO13/c1-3-5-7-9-11-13-15-17-19-21-23-25-27-29-31-33-35-36-37-38-39-41-43-45-47-49-51-53-55-57-59-61-63-65-67-69-77(90)86-73(72-96-84-82(95)80(93)83(76(71-88)98-84)99-85-81(94)79(92)78(91)75(70-87)97-85)74(89)68-66-64-62-60-58-56-54-52-50-48-46-44-42-40-34-32-30-28-26-24-22-20-18-16-14-12-10-8-6-4-2/h5,7,11,13,17,19,23,25,29,31,35-36,66,68,73-76,78-85,87-89,91-95H,3-4,6,8-10,12,14-16,18,20-22,24,26-28,30,32-34,37-65,67,69-72H2,1-2H3,(H,86,90)/b7-5-,13-11-,19-17-,25-23-,31-29-,36-35-,68-66+. The first-order valence-electron chi connectivity index (χ1n) is 41.3. The smallest absolute Gasteiger partial charge is 0.220 e. The van der Waals surface area contributed by atoms with Crippen LogP contribution in [0.3, 0.4) is 0 Å². The van der Waals surface area contributed by atoms with Crippen molar-refractivity contribution < 1.29 is 64.6 Å². The van der Waals surface area contributed by atoms with Gasteiger partial charge < -0.3 is 65.1 Å². The topological polar surface area (TPSA) is 228 Å². The van der Waals surface area contributed by atoms with Gasteiger partial charge in [0.05, 0.1) is 32.0 Å². The third-order valence-corrected chi connectivity index (χ3v) is 19.8. The first kappa shape index (κ1) is 92.3. The molecule has 12 unspecified atom stereocenters. The number of aliphatic hydroxyl groups excluding tert-OH is 8. The molecule has 2 aliphatic heterocycles. The molecule has 0 bridgehead atoms. The summed E-state index contributed by atoms with van der Waals surface area (Å²) < 4.78 is 22.9. The van der Waals surface area contributed by atoms with E-state index < -0.39 is 86.8 Å². The molecule has 9 N–H and O–H groups in total. The molecule has 99 heavy (non-hydrogen) atoms. The Morgan fingerprint density at radius 1 is 0.374 bits per heavy atom. The summed E-state index contributed by atoms with van der Waals surface area (Å²) in [7, 11) is 0. The maximum absolute atomic E-state index is 13.4. The Morgan fingerprint density at radius 2 is 0.697 bits per heavy atom. The molecule has 0 radical (unpaired) electrons. The van der Waals surface area contributed by atoms with Crippen LogP contribution in [0.1, 0.15) is 354 Å². The number of hydrogen-bond donors (Lipinski definition) is 9. The van der Waals surface area contributed by atoms with Crippen molar-refractivity contribution in [1.82, 2.24) is 5.32 Å². The van der Waals surface area contributed by atoms with Crippen LogP contribution in [0.25, 0.3) is 0 Å². The minimum absolute atomic E-state index is 0.236. The molecule has 12 atom stereocenters. The number of nitrogens with one attached hydrogen (secondary N) is 1. The molecule has 0 aromatic heterocycles. The number of unbranched alkanes of at least 4 members (excludes halogenated alkanes) is 44. The average molecular weight is 1400 g/mol. The number of rotatable bonds is 69. The largest absolute Gasteiger partial charge is 0.394 e. The van der Waals surface area contributed by atoms with Crippen LogP contribution in [0, 0.1) is 0 Å². The Labute approximate surface area is 605 Å². The molecule has 0 aromatic rings. The molecular formula is C85H153NO13. The van der Waals surface area contributed by atoms with Gasteiger partial charge in [0.25, 0.3) is 0 Å². The van der Waals surface area contributed by atoms with Gasteiger partial charge in [-0.3, -0.25) is 4.79 Å². The fourth-order valence-electron chi connectivity index (χ4n) is 13.4. The number of hydrogen-bond acceptors (Lipinski definition) is 13. The van der Waals surface area contributed by atoms with Crippen molar-refractivity contribution in [2.75, 3.05) is 19.8 Å². The lowest BCUT2D eigenvalue weighted by Gasteiger charge is -2.46. The normalized spacial score (nSPS) is 22.4. The first-order valence-corrected chi connectivity index (χ1v) is 41.3. The van der Waals surface area contributed by atoms with E-state index in [1.54, 1.807) is 6.08 Å². The van der Waals surface area contributed by atoms with Crippen LogP contribution in [0.5, 0.6) is 0 Å². The van der Waals surface area contributed by atoms with Gasteiger partial charge in [-0.05, 0) is 70.6 Å². The van der Waals surface area contributed by atoms with E-state index in [4.69, 9.17) is 18.9 Å². The lowest BCUT2D eigenvalue weighted by Crippen LogP contribution is -2.65. The van der Waals surface area contributed by atoms with Gasteiger partial charge in [0.2, 0.25) is 5.91 Å². The van der Waals surface area contributed by atoms with Gasteiger partial charge in [-0.2, -0.15) is 0 Å². The summed E-state index contributed by atoms with van der Waals surface area (Å²) in [5.41, 5.74) is 0. The highest BCUT2D eigenvalue weighted by Crippen LogP contribution is 2.30. The van der Waals surface area contributed by atoms with Gasteiger partial charge in [0, 0.05) is 6.42 Å². The summed E-state index contributed by atoms with van der Waals surface area (Å²) in [6.07, 6.45) is 79.5. The molecule has 2 heterocycles. The van der Waals surface area contributed by atoms with Gasteiger partial charge in [-0.25, -0.2) is 0 Å². The molecule has 2 fully saturated rings. The minimum Gasteiger partial charge on any atom is -0.394 e. The second-order valence-electron chi connectivity index (χ2n) is 28.9. The third-order valence-electron chi connectivity index (χ3n) is 19.8. The summed E-state index contributed by atoms with van der Waals surface area (Å²) in [5.74, 6) is -0.236. The van der Waals surface area contributed by atoms with Crippen LogP contribution in [-0.4, -0.2) is 140 Å². The van der Waals surface area contributed by atoms with Crippen LogP contribution in [0.15, 0.2) is 85.1 Å². The van der Waals surface area contributed by atoms with Gasteiger partial charge in [-0.15, -0.1) is 0 Å². The molecule has 0 aromatic carbocycles. The third kappa shape index (κ3) is 51.1. The Hall–Kier alpha value is -2.83. The van der Waals surface area contributed by atoms with Crippen molar-refractivity contribution in [3.8, 4) is 0 Å². The van der Waals surface area contributed by atoms with E-state index in [9.17, 15) is 45.6 Å². The highest BCUT2D eigenvalue weighted by atomic mass is 16.7. The van der Waals surface area contributed by atoms with Crippen molar-refractivity contribution in [3.05, 3.63) is 85.1 Å². The molecule has 14 heteroatoms. The second-order valence-corrected chi connectivity index (χ2v) is 28.9. The summed E-state index contributed by atoms with van der Waals surface area (Å²) in [4.78, 5) is 13.4. The summed E-state index contributed by atoms with van der Waals surface area (Å²) in [6.45, 7) is 2.74. The zero-order valence-electron chi connectivity index (χ0n) is 63.2. The second kappa shape index (κ2) is 68.3. The van der Waals surface area contributed by atoms with E-state index in [0.717, 1.165) is 77.0 Å². The maximum atomic E-state index is 13.4. The van der Waals surface area contributed by atoms with Gasteiger partial charge in [-0.1, -0.05) is 362 Å². The Bertz CT molecular complexity index is 1990. The summed E-state index contributed by atoms with van der Waals surface area (Å²) in [5, 5.41) is 87.8. The summed E-state index contributed by atoms with van der Waals surface area (Å²) >= 11 is 0. The monoisotopic (exact) mass is 1400 g/mol. The molecule has 576 valence electrons. The number of ether oxygens (including phenoxy) is 4. The molecule has 2 aliphatic rings. The highest BCUT2D eigenvalue weighted by Gasteiger charge is 2.51. The quantitative estimate of drug-likeness (QED) is 0.0204. The van der Waals surface area contributed by atoms with Gasteiger partial charge >= 0.3 is 0 Å². The molecular weight excluding hydrogens is 1240 g/mol. The molecule has 0 aliphatic carbocycles. The van der Waals surface area contributed by atoms with Crippen LogP contribution < -0.4 is 5.32 Å². The fraction of sp³-hybridized carbons (Fsp3) is 0.824. The number of aliphatic hydroxyl groups is 8. The minimum atomic E-state index is -1.79. The van der Waals surface area contributed by atoms with Crippen molar-refractivity contribution in [2.24, 2.45) is 0 Å². The summed E-state index contributed by atoms with van der Waals surface area (Å²) in [6, 6.07) is -0.920. The van der Waals surface area contributed by atoms with E-state index in [2.05, 4.69) is 92.1 Å². The molecule has 1 amide bonds. The van der Waals surface area contributed by atoms with E-state index in [0.29, 0.717) is 6.42 Å². The van der Waals surface area contributed by atoms with Crippen LogP contribution >= 0.6 is 0 Å². The van der Waals surface area contributed by atoms with Crippen molar-refractivity contribution in [2.45, 2.75) is 428 Å². The first-order chi connectivity index (χ1) is 48.6. The average Bonchev–Trinajstić information content (AvgIpc) is 0.799. The molecule has 2 rings (SSSR count). The lowest BCUT2D eigenvalue weighted by atomic mass is 9.97. The van der Waals surface area contributed by atoms with Crippen molar-refractivity contribution in [3.63, 3.8) is 0 Å². The van der Waals surface area contributed by atoms with E-state index in [1.165, 1.54) is 250 Å². The fourth-order valence-corrected chi connectivity index (χ4v) is 13.4. The zero-order chi connectivity index (χ0) is 71.5. The Kier molecular flexibility index (Phi) is 63.6. The molecule has 14 nitrogen and oxygen atoms in total. The Morgan fingerprint density at radius 3 is 1.07 bits per heavy atom. The Balaban J connectivity index is 1.61. The predicted octanol–water partition coefficient (Wildman–Crippen LogP) is 19.1. The van der Waals surface area contributed by atoms with Crippen LogP contribution in [0.2, 0.25) is 0 Å². The number of amides is 1. The zero-order valence-corrected chi connectivity index (χ0v) is 63.2. The van der Waals surface area contributed by atoms with E-state index >= 15 is 0 Å². The lowest BCUT2D eigenvalue weighted by molar-refractivity contribution is -0.359. The SMILES string of the molecule is CC/C=C\C/C=C\C/C=C\C/C=C\C/C=C\C/C=C\CCCCCCCCCCCCCCCCCCC(=O)NC(COC1OC(CO)C(OC2OC(CO)C(O)C(O)C2O)C(O)C1O)C(O)/C=C/CCCCCCCCCCCCCCCCCCCCCCCCCCCCCC. The van der Waals surface area contributed by atoms with Crippen molar-refractivity contribution >= 4 is 5.91 Å². The van der Waals surface area contributed by atoms with Crippen LogP contribution in [0.4, 0.5) is 0 Å². The molecule has 0 saturated carbocycles. The highest BCUT2D eigenvalue weighted by molar-refractivity contribution is 5.76. The number of allylic oxidation sites excluding steroid dienone is 13. The van der Waals surface area contributed by atoms with E-state index in [-0.39, 0.29) is 18.9 Å². The van der Waals surface area contributed by atoms with Gasteiger partial charge in [0.15, 0.2) is 12.6 Å². The molecule has 0 spiro atoms. The van der Waals surface area contributed by atoms with Crippen molar-refractivity contribution in [1.29, 1.82) is 0 Å². The van der Waals surface area contributed by atoms with Crippen LogP contribution in [-0.2, 0) is 23.7 Å². The number of carbonyl (C=O) groups excluding carboxylic acids is 1. The maximum Gasteiger partial charge on any atom is 0.220 e. The number of carbonyl (C=O) groups is 1.